The van der Waals surface area contributed by atoms with Crippen LogP contribution in [0.25, 0.3) is 0 Å². The van der Waals surface area contributed by atoms with Crippen LogP contribution in [0.15, 0.2) is 23.2 Å². The van der Waals surface area contributed by atoms with E-state index < -0.39 is 11.6 Å². The second-order valence-electron chi connectivity index (χ2n) is 5.74. The minimum atomic E-state index is -0.716. The molecule has 0 saturated heterocycles. The number of guanidine groups is 1. The number of aliphatic hydroxyl groups excluding tert-OH is 1. The Morgan fingerprint density at radius 1 is 1.24 bits per heavy atom. The number of nitrogens with one attached hydrogen (secondary N) is 2. The van der Waals surface area contributed by atoms with Gasteiger partial charge in [-0.25, -0.2) is 8.78 Å². The van der Waals surface area contributed by atoms with E-state index in [1.165, 1.54) is 6.07 Å². The maximum Gasteiger partial charge on any atom is 0.191 e. The van der Waals surface area contributed by atoms with Crippen molar-refractivity contribution in [3.8, 4) is 5.75 Å². The van der Waals surface area contributed by atoms with Crippen molar-refractivity contribution in [2.24, 2.45) is 10.9 Å². The van der Waals surface area contributed by atoms with E-state index in [0.29, 0.717) is 25.0 Å². The molecule has 0 aromatic heterocycles. The molecule has 1 aromatic carbocycles. The number of aliphatic hydroxyl groups is 1. The molecule has 142 valence electrons. The summed E-state index contributed by atoms with van der Waals surface area (Å²) in [6.07, 6.45) is 2.82. The fraction of sp³-hybridized carbons (Fsp3) is 0.611. The van der Waals surface area contributed by atoms with Gasteiger partial charge >= 0.3 is 0 Å². The summed E-state index contributed by atoms with van der Waals surface area (Å²) in [6.45, 7) is 6.27. The largest absolute Gasteiger partial charge is 0.489 e. The van der Waals surface area contributed by atoms with Gasteiger partial charge in [0.1, 0.15) is 12.4 Å². The molecule has 7 heteroatoms. The van der Waals surface area contributed by atoms with E-state index in [0.717, 1.165) is 37.9 Å². The first kappa shape index (κ1) is 21.2. The van der Waals surface area contributed by atoms with E-state index in [2.05, 4.69) is 22.5 Å². The zero-order valence-electron chi connectivity index (χ0n) is 15.0. The van der Waals surface area contributed by atoms with Gasteiger partial charge in [0.05, 0.1) is 6.54 Å². The van der Waals surface area contributed by atoms with Crippen LogP contribution in [0.4, 0.5) is 8.78 Å². The third-order valence-corrected chi connectivity index (χ3v) is 3.63. The number of nitrogens with zero attached hydrogens (tertiary/aromatic N) is 1. The zero-order chi connectivity index (χ0) is 18.5. The molecule has 0 amide bonds. The molecule has 0 spiro atoms. The molecule has 1 rings (SSSR count). The van der Waals surface area contributed by atoms with Crippen LogP contribution in [0.5, 0.6) is 5.75 Å². The van der Waals surface area contributed by atoms with Gasteiger partial charge in [-0.1, -0.05) is 13.3 Å². The molecule has 0 aliphatic carbocycles. The van der Waals surface area contributed by atoms with Gasteiger partial charge in [-0.05, 0) is 37.8 Å². The van der Waals surface area contributed by atoms with Crippen molar-refractivity contribution in [3.63, 3.8) is 0 Å². The smallest absolute Gasteiger partial charge is 0.191 e. The third kappa shape index (κ3) is 8.67. The highest BCUT2D eigenvalue weighted by Gasteiger charge is 2.08. The first-order valence-electron chi connectivity index (χ1n) is 8.81. The minimum Gasteiger partial charge on any atom is -0.489 e. The fourth-order valence-corrected chi connectivity index (χ4v) is 2.40. The topological polar surface area (TPSA) is 65.9 Å². The molecule has 1 unspecified atom stereocenters. The molecule has 25 heavy (non-hydrogen) atoms. The van der Waals surface area contributed by atoms with Gasteiger partial charge in [0, 0.05) is 25.8 Å². The van der Waals surface area contributed by atoms with Gasteiger partial charge in [0.2, 0.25) is 0 Å². The van der Waals surface area contributed by atoms with Crippen LogP contribution in [0.2, 0.25) is 0 Å². The number of hydrogen-bond donors (Lipinski definition) is 3. The van der Waals surface area contributed by atoms with Crippen LogP contribution < -0.4 is 15.4 Å². The Hall–Kier alpha value is -1.89. The molecule has 0 radical (unpaired) electrons. The van der Waals surface area contributed by atoms with Crippen molar-refractivity contribution >= 4 is 5.96 Å². The quantitative estimate of drug-likeness (QED) is 0.324. The Bertz CT molecular complexity index is 521. The Labute approximate surface area is 148 Å². The standard InChI is InChI=1S/C18H29F2N3O2/c1-3-5-14(8-10-24)13-23-18(21-4-2)22-9-11-25-17-7-6-15(19)12-16(17)20/h6-7,12,14,24H,3-5,8-11,13H2,1-2H3,(H2,21,22,23). The normalized spacial score (nSPS) is 12.8. The van der Waals surface area contributed by atoms with Crippen LogP contribution >= 0.6 is 0 Å². The van der Waals surface area contributed by atoms with Crippen LogP contribution in [0.1, 0.15) is 33.1 Å². The maximum atomic E-state index is 13.5. The monoisotopic (exact) mass is 357 g/mol. The lowest BCUT2D eigenvalue weighted by Gasteiger charge is -2.15. The highest BCUT2D eigenvalue weighted by atomic mass is 19.1. The van der Waals surface area contributed by atoms with E-state index in [1.54, 1.807) is 0 Å². The molecular formula is C18H29F2N3O2. The van der Waals surface area contributed by atoms with Gasteiger partial charge in [0.15, 0.2) is 17.5 Å². The summed E-state index contributed by atoms with van der Waals surface area (Å²) >= 11 is 0. The number of halogens is 2. The number of hydrogen-bond acceptors (Lipinski definition) is 3. The molecule has 0 fully saturated rings. The first-order valence-corrected chi connectivity index (χ1v) is 8.81. The lowest BCUT2D eigenvalue weighted by molar-refractivity contribution is 0.253. The van der Waals surface area contributed by atoms with E-state index in [9.17, 15) is 8.78 Å². The summed E-state index contributed by atoms with van der Waals surface area (Å²) in [5, 5.41) is 15.4. The third-order valence-electron chi connectivity index (χ3n) is 3.63. The van der Waals surface area contributed by atoms with Crippen molar-refractivity contribution in [1.29, 1.82) is 0 Å². The predicted molar refractivity (Wildman–Crippen MR) is 95.9 cm³/mol. The van der Waals surface area contributed by atoms with E-state index in [-0.39, 0.29) is 19.0 Å². The SMILES string of the molecule is CCCC(CCO)CN=C(NCC)NCCOc1ccc(F)cc1F. The highest BCUT2D eigenvalue weighted by Crippen LogP contribution is 2.17. The molecule has 5 nitrogen and oxygen atoms in total. The molecule has 1 aromatic rings. The Balaban J connectivity index is 2.44. The van der Waals surface area contributed by atoms with Crippen LogP contribution in [-0.2, 0) is 0 Å². The van der Waals surface area contributed by atoms with Gasteiger partial charge < -0.3 is 20.5 Å². The minimum absolute atomic E-state index is 0.0242. The maximum absolute atomic E-state index is 13.5. The van der Waals surface area contributed by atoms with Gasteiger partial charge in [0.25, 0.3) is 0 Å². The lowest BCUT2D eigenvalue weighted by Crippen LogP contribution is -2.39. The number of aliphatic imine (C=N–C) groups is 1. The zero-order valence-corrected chi connectivity index (χ0v) is 15.0. The summed E-state index contributed by atoms with van der Waals surface area (Å²) in [5.74, 6) is -0.308. The van der Waals surface area contributed by atoms with Crippen molar-refractivity contribution in [2.45, 2.75) is 33.1 Å². The van der Waals surface area contributed by atoms with Gasteiger partial charge in [-0.15, -0.1) is 0 Å². The molecule has 0 aliphatic rings. The van der Waals surface area contributed by atoms with Gasteiger partial charge in [-0.2, -0.15) is 0 Å². The molecule has 0 heterocycles. The van der Waals surface area contributed by atoms with E-state index >= 15 is 0 Å². The second-order valence-corrected chi connectivity index (χ2v) is 5.74. The van der Waals surface area contributed by atoms with Crippen molar-refractivity contribution in [3.05, 3.63) is 29.8 Å². The average Bonchev–Trinajstić information content (AvgIpc) is 2.58. The van der Waals surface area contributed by atoms with E-state index in [4.69, 9.17) is 9.84 Å². The Kier molecular flexibility index (Phi) is 10.6. The number of ether oxygens (including phenoxy) is 1. The van der Waals surface area contributed by atoms with Gasteiger partial charge in [-0.3, -0.25) is 4.99 Å². The van der Waals surface area contributed by atoms with Crippen LogP contribution in [-0.4, -0.2) is 43.9 Å². The summed E-state index contributed by atoms with van der Waals surface area (Å²) in [7, 11) is 0. The molecule has 0 aliphatic heterocycles. The molecular weight excluding hydrogens is 328 g/mol. The summed E-state index contributed by atoms with van der Waals surface area (Å²) < 4.78 is 31.6. The average molecular weight is 357 g/mol. The van der Waals surface area contributed by atoms with E-state index in [1.807, 2.05) is 6.92 Å². The summed E-state index contributed by atoms with van der Waals surface area (Å²) in [5.41, 5.74) is 0. The van der Waals surface area contributed by atoms with Crippen molar-refractivity contribution in [1.82, 2.24) is 10.6 Å². The van der Waals surface area contributed by atoms with Crippen molar-refractivity contribution in [2.75, 3.05) is 32.8 Å². The van der Waals surface area contributed by atoms with Crippen molar-refractivity contribution < 1.29 is 18.6 Å². The highest BCUT2D eigenvalue weighted by molar-refractivity contribution is 5.79. The van der Waals surface area contributed by atoms with Crippen LogP contribution in [0.3, 0.4) is 0 Å². The fourth-order valence-electron chi connectivity index (χ4n) is 2.40. The Morgan fingerprint density at radius 2 is 2.04 bits per heavy atom. The second kappa shape index (κ2) is 12.5. The summed E-state index contributed by atoms with van der Waals surface area (Å²) in [4.78, 5) is 4.53. The summed E-state index contributed by atoms with van der Waals surface area (Å²) in [6, 6.07) is 3.23. The number of benzene rings is 1. The molecule has 0 saturated carbocycles. The number of rotatable bonds is 11. The molecule has 0 bridgehead atoms. The Morgan fingerprint density at radius 3 is 2.68 bits per heavy atom. The molecule has 1 atom stereocenters. The predicted octanol–water partition coefficient (Wildman–Crippen LogP) is 2.70. The lowest BCUT2D eigenvalue weighted by atomic mass is 10.0. The first-order chi connectivity index (χ1) is 12.1. The van der Waals surface area contributed by atoms with Crippen LogP contribution in [0, 0.1) is 17.6 Å². The molecule has 3 N–H and O–H groups in total.